The molecular formula is C9H10BrCl2F2NO2. The molecule has 0 heterocycles. The van der Waals surface area contributed by atoms with Crippen LogP contribution >= 0.6 is 39.9 Å². The molecule has 0 saturated carbocycles. The lowest BCUT2D eigenvalue weighted by Gasteiger charge is -2.22. The normalized spacial score (nSPS) is 13.1. The predicted octanol–water partition coefficient (Wildman–Crippen LogP) is 2.86. The van der Waals surface area contributed by atoms with Crippen molar-refractivity contribution < 1.29 is 19.0 Å². The number of nitrogens with two attached hydrogens (primary N) is 1. The first-order chi connectivity index (χ1) is 7.29. The largest absolute Gasteiger partial charge is 0.506 e. The minimum absolute atomic E-state index is 0. The minimum atomic E-state index is -3.53. The average molecular weight is 353 g/mol. The highest BCUT2D eigenvalue weighted by molar-refractivity contribution is 9.10. The summed E-state index contributed by atoms with van der Waals surface area (Å²) in [5.41, 5.74) is 5.05. The number of aromatic hydroxyl groups is 1. The lowest BCUT2D eigenvalue weighted by molar-refractivity contribution is -0.0715. The van der Waals surface area contributed by atoms with E-state index in [2.05, 4.69) is 15.9 Å². The lowest BCUT2D eigenvalue weighted by Crippen LogP contribution is -2.36. The molecule has 17 heavy (non-hydrogen) atoms. The van der Waals surface area contributed by atoms with Crippen LogP contribution in [0.1, 0.15) is 11.6 Å². The predicted molar refractivity (Wildman–Crippen MR) is 67.0 cm³/mol. The van der Waals surface area contributed by atoms with Crippen LogP contribution in [0, 0.1) is 0 Å². The third-order valence-corrected chi connectivity index (χ3v) is 2.80. The van der Waals surface area contributed by atoms with Crippen LogP contribution in [0.2, 0.25) is 5.02 Å². The number of rotatable bonds is 3. The molecule has 4 N–H and O–H groups in total. The van der Waals surface area contributed by atoms with Crippen molar-refractivity contribution in [2.45, 2.75) is 12.0 Å². The number of benzene rings is 1. The highest BCUT2D eigenvalue weighted by atomic mass is 79.9. The summed E-state index contributed by atoms with van der Waals surface area (Å²) in [4.78, 5) is 0. The standard InChI is InChI=1S/C9H9BrClF2NO2.ClH/c10-4-1-5(7(16)6(11)2-4)8(14)9(12,13)3-15;/h1-2,8,15-16H,3,14H2;1H/t8-;/m0./s1. The van der Waals surface area contributed by atoms with E-state index in [-0.39, 0.29) is 23.0 Å². The fourth-order valence-corrected chi connectivity index (χ4v) is 1.98. The second kappa shape index (κ2) is 6.15. The molecule has 1 aromatic rings. The van der Waals surface area contributed by atoms with E-state index in [0.29, 0.717) is 4.47 Å². The van der Waals surface area contributed by atoms with Gasteiger partial charge in [0.05, 0.1) is 5.02 Å². The van der Waals surface area contributed by atoms with Crippen molar-refractivity contribution in [1.29, 1.82) is 0 Å². The van der Waals surface area contributed by atoms with Crippen LogP contribution in [0.3, 0.4) is 0 Å². The first-order valence-corrected chi connectivity index (χ1v) is 5.39. The molecule has 1 atom stereocenters. The number of halogens is 5. The first kappa shape index (κ1) is 16.9. The molecule has 0 bridgehead atoms. The van der Waals surface area contributed by atoms with Gasteiger partial charge in [-0.1, -0.05) is 27.5 Å². The van der Waals surface area contributed by atoms with Crippen LogP contribution in [0.25, 0.3) is 0 Å². The van der Waals surface area contributed by atoms with E-state index >= 15 is 0 Å². The summed E-state index contributed by atoms with van der Waals surface area (Å²) < 4.78 is 26.7. The second-order valence-electron chi connectivity index (χ2n) is 3.22. The Morgan fingerprint density at radius 2 is 2.00 bits per heavy atom. The average Bonchev–Trinajstić information content (AvgIpc) is 2.22. The zero-order valence-corrected chi connectivity index (χ0v) is 11.5. The quantitative estimate of drug-likeness (QED) is 0.783. The van der Waals surface area contributed by atoms with Crippen LogP contribution in [0.5, 0.6) is 5.75 Å². The van der Waals surface area contributed by atoms with Crippen LogP contribution < -0.4 is 5.73 Å². The van der Waals surface area contributed by atoms with Gasteiger partial charge in [-0.15, -0.1) is 12.4 Å². The molecule has 0 aliphatic rings. The lowest BCUT2D eigenvalue weighted by atomic mass is 10.0. The maximum Gasteiger partial charge on any atom is 0.289 e. The molecule has 3 nitrogen and oxygen atoms in total. The zero-order valence-electron chi connectivity index (χ0n) is 8.33. The summed E-state index contributed by atoms with van der Waals surface area (Å²) in [5.74, 6) is -4.03. The van der Waals surface area contributed by atoms with Crippen LogP contribution in [0.4, 0.5) is 8.78 Å². The summed E-state index contributed by atoms with van der Waals surface area (Å²) in [7, 11) is 0. The van der Waals surface area contributed by atoms with Gasteiger partial charge < -0.3 is 15.9 Å². The molecule has 0 aromatic heterocycles. The molecule has 1 aromatic carbocycles. The Kier molecular flexibility index (Phi) is 6.10. The van der Waals surface area contributed by atoms with E-state index in [1.807, 2.05) is 0 Å². The van der Waals surface area contributed by atoms with E-state index in [1.165, 1.54) is 12.1 Å². The Hall–Kier alpha value is -0.140. The number of alkyl halides is 2. The Labute approximate surface area is 116 Å². The number of hydrogen-bond donors (Lipinski definition) is 3. The van der Waals surface area contributed by atoms with Gasteiger partial charge in [-0.05, 0) is 12.1 Å². The Balaban J connectivity index is 0.00000256. The summed E-state index contributed by atoms with van der Waals surface area (Å²) >= 11 is 8.66. The van der Waals surface area contributed by atoms with Gasteiger partial charge in [0.2, 0.25) is 0 Å². The molecule has 0 aliphatic heterocycles. The van der Waals surface area contributed by atoms with Gasteiger partial charge in [0, 0.05) is 10.0 Å². The third-order valence-electron chi connectivity index (χ3n) is 2.06. The van der Waals surface area contributed by atoms with Crippen molar-refractivity contribution in [2.75, 3.05) is 6.61 Å². The van der Waals surface area contributed by atoms with Crippen molar-refractivity contribution in [3.8, 4) is 5.75 Å². The Morgan fingerprint density at radius 3 is 2.47 bits per heavy atom. The molecule has 0 amide bonds. The van der Waals surface area contributed by atoms with Crippen molar-refractivity contribution in [2.24, 2.45) is 5.73 Å². The minimum Gasteiger partial charge on any atom is -0.506 e. The van der Waals surface area contributed by atoms with Gasteiger partial charge >= 0.3 is 0 Å². The summed E-state index contributed by atoms with van der Waals surface area (Å²) in [6, 6.07) is 0.757. The van der Waals surface area contributed by atoms with Gasteiger partial charge in [0.1, 0.15) is 18.4 Å². The third kappa shape index (κ3) is 3.66. The molecule has 1 rings (SSSR count). The molecule has 0 fully saturated rings. The molecule has 0 aliphatic carbocycles. The van der Waals surface area contributed by atoms with Crippen molar-refractivity contribution in [3.63, 3.8) is 0 Å². The van der Waals surface area contributed by atoms with Gasteiger partial charge in [-0.3, -0.25) is 0 Å². The number of phenols is 1. The second-order valence-corrected chi connectivity index (χ2v) is 4.55. The van der Waals surface area contributed by atoms with Gasteiger partial charge in [-0.2, -0.15) is 0 Å². The van der Waals surface area contributed by atoms with Crippen LogP contribution in [-0.4, -0.2) is 22.7 Å². The maximum absolute atomic E-state index is 13.1. The number of hydrogen-bond acceptors (Lipinski definition) is 3. The molecule has 8 heteroatoms. The van der Waals surface area contributed by atoms with E-state index < -0.39 is 24.3 Å². The van der Waals surface area contributed by atoms with Gasteiger partial charge in [0.25, 0.3) is 5.92 Å². The fraction of sp³-hybridized carbons (Fsp3) is 0.333. The molecule has 0 unspecified atom stereocenters. The topological polar surface area (TPSA) is 66.5 Å². The molecule has 0 saturated heterocycles. The summed E-state index contributed by atoms with van der Waals surface area (Å²) in [6.45, 7) is -1.41. The van der Waals surface area contributed by atoms with E-state index in [1.54, 1.807) is 0 Å². The van der Waals surface area contributed by atoms with Crippen molar-refractivity contribution in [1.82, 2.24) is 0 Å². The fourth-order valence-electron chi connectivity index (χ4n) is 1.15. The molecule has 0 radical (unpaired) electrons. The highest BCUT2D eigenvalue weighted by Crippen LogP contribution is 2.39. The Morgan fingerprint density at radius 1 is 1.47 bits per heavy atom. The van der Waals surface area contributed by atoms with E-state index in [9.17, 15) is 13.9 Å². The van der Waals surface area contributed by atoms with Crippen molar-refractivity contribution >= 4 is 39.9 Å². The molecule has 98 valence electrons. The van der Waals surface area contributed by atoms with Crippen LogP contribution in [-0.2, 0) is 0 Å². The number of phenolic OH excluding ortho intramolecular Hbond substituents is 1. The van der Waals surface area contributed by atoms with Gasteiger partial charge in [0.15, 0.2) is 0 Å². The number of aliphatic hydroxyl groups is 1. The van der Waals surface area contributed by atoms with Crippen molar-refractivity contribution in [3.05, 3.63) is 27.2 Å². The van der Waals surface area contributed by atoms with Gasteiger partial charge in [-0.25, -0.2) is 8.78 Å². The molecule has 0 spiro atoms. The SMILES string of the molecule is Cl.N[C@@H](c1cc(Br)cc(Cl)c1O)C(F)(F)CO. The van der Waals surface area contributed by atoms with E-state index in [0.717, 1.165) is 0 Å². The maximum atomic E-state index is 13.1. The number of aliphatic hydroxyl groups excluding tert-OH is 1. The molecular weight excluding hydrogens is 343 g/mol. The Bertz CT molecular complexity index is 407. The smallest absolute Gasteiger partial charge is 0.289 e. The summed E-state index contributed by atoms with van der Waals surface area (Å²) in [6.07, 6.45) is 0. The zero-order chi connectivity index (χ0) is 12.5. The van der Waals surface area contributed by atoms with Crippen LogP contribution in [0.15, 0.2) is 16.6 Å². The monoisotopic (exact) mass is 351 g/mol. The summed E-state index contributed by atoms with van der Waals surface area (Å²) in [5, 5.41) is 17.9. The first-order valence-electron chi connectivity index (χ1n) is 4.21. The highest BCUT2D eigenvalue weighted by Gasteiger charge is 2.39. The van der Waals surface area contributed by atoms with E-state index in [4.69, 9.17) is 22.4 Å².